The molecule has 0 saturated carbocycles. The lowest BCUT2D eigenvalue weighted by Gasteiger charge is -2.22. The van der Waals surface area contributed by atoms with Crippen LogP contribution in [0.1, 0.15) is 12.0 Å². The van der Waals surface area contributed by atoms with Crippen LogP contribution in [0, 0.1) is 0 Å². The highest BCUT2D eigenvalue weighted by molar-refractivity contribution is 9.10. The minimum absolute atomic E-state index is 0.431. The summed E-state index contributed by atoms with van der Waals surface area (Å²) < 4.78 is 0.973. The Morgan fingerprint density at radius 2 is 2.22 bits per heavy atom. The number of halogens is 1. The first-order chi connectivity index (χ1) is 8.49. The second-order valence-electron chi connectivity index (χ2n) is 4.88. The van der Waals surface area contributed by atoms with Gasteiger partial charge in [-0.3, -0.25) is 0 Å². The highest BCUT2D eigenvalue weighted by Crippen LogP contribution is 2.27. The van der Waals surface area contributed by atoms with Crippen molar-refractivity contribution in [3.05, 3.63) is 28.2 Å². The highest BCUT2D eigenvalue weighted by Gasteiger charge is 2.24. The molecule has 2 N–H and O–H groups in total. The lowest BCUT2D eigenvalue weighted by Crippen LogP contribution is -2.31. The van der Waals surface area contributed by atoms with Crippen LogP contribution in [0.2, 0.25) is 0 Å². The van der Waals surface area contributed by atoms with Crippen LogP contribution in [0.25, 0.3) is 0 Å². The number of anilines is 1. The van der Waals surface area contributed by atoms with Crippen molar-refractivity contribution in [1.82, 2.24) is 4.90 Å². The summed E-state index contributed by atoms with van der Waals surface area (Å²) in [5, 5.41) is 0. The van der Waals surface area contributed by atoms with Gasteiger partial charge in [0.15, 0.2) is 0 Å². The van der Waals surface area contributed by atoms with E-state index in [-0.39, 0.29) is 0 Å². The zero-order chi connectivity index (χ0) is 13.3. The minimum atomic E-state index is 0.431. The minimum Gasteiger partial charge on any atom is -0.389 e. The van der Waals surface area contributed by atoms with Gasteiger partial charge in [-0.25, -0.2) is 0 Å². The first-order valence-corrected chi connectivity index (χ1v) is 7.20. The van der Waals surface area contributed by atoms with Crippen molar-refractivity contribution in [2.75, 3.05) is 32.1 Å². The molecule has 0 radical (unpaired) electrons. The van der Waals surface area contributed by atoms with Crippen LogP contribution in [0.3, 0.4) is 0 Å². The third kappa shape index (κ3) is 2.84. The van der Waals surface area contributed by atoms with E-state index in [0.717, 1.165) is 23.1 Å². The lowest BCUT2D eigenvalue weighted by atomic mass is 10.2. The molecular weight excluding hydrogens is 310 g/mol. The molecule has 0 amide bonds. The van der Waals surface area contributed by atoms with E-state index >= 15 is 0 Å². The summed E-state index contributed by atoms with van der Waals surface area (Å²) >= 11 is 8.54. The second kappa shape index (κ2) is 5.55. The van der Waals surface area contributed by atoms with Gasteiger partial charge in [-0.2, -0.15) is 0 Å². The van der Waals surface area contributed by atoms with E-state index in [0.29, 0.717) is 11.0 Å². The molecule has 1 aromatic carbocycles. The first kappa shape index (κ1) is 13.8. The largest absolute Gasteiger partial charge is 0.389 e. The molecule has 18 heavy (non-hydrogen) atoms. The fourth-order valence-electron chi connectivity index (χ4n) is 2.30. The van der Waals surface area contributed by atoms with Crippen LogP contribution in [-0.4, -0.2) is 43.1 Å². The van der Waals surface area contributed by atoms with Gasteiger partial charge in [0.25, 0.3) is 0 Å². The second-order valence-corrected chi connectivity index (χ2v) is 6.17. The van der Waals surface area contributed by atoms with Crippen molar-refractivity contribution in [1.29, 1.82) is 0 Å². The van der Waals surface area contributed by atoms with Crippen LogP contribution in [0.4, 0.5) is 5.69 Å². The number of hydrogen-bond acceptors (Lipinski definition) is 3. The van der Waals surface area contributed by atoms with Gasteiger partial charge in [-0.15, -0.1) is 0 Å². The van der Waals surface area contributed by atoms with Crippen LogP contribution < -0.4 is 10.6 Å². The van der Waals surface area contributed by atoms with Crippen LogP contribution in [-0.2, 0) is 0 Å². The molecule has 2 rings (SSSR count). The van der Waals surface area contributed by atoms with Crippen LogP contribution in [0.15, 0.2) is 22.7 Å². The van der Waals surface area contributed by atoms with Crippen molar-refractivity contribution in [3.8, 4) is 0 Å². The molecule has 1 unspecified atom stereocenters. The number of hydrogen-bond donors (Lipinski definition) is 1. The number of rotatable bonds is 3. The molecule has 98 valence electrons. The molecule has 1 atom stereocenters. The molecule has 0 spiro atoms. The number of thiocarbonyl (C=S) groups is 1. The maximum absolute atomic E-state index is 5.66. The Bertz CT molecular complexity index is 462. The molecular formula is C13H18BrN3S. The SMILES string of the molecule is CN(C)C1CCN(c2ccc(C(N)=S)c(Br)c2)C1. The van der Waals surface area contributed by atoms with Gasteiger partial charge < -0.3 is 15.5 Å². The highest BCUT2D eigenvalue weighted by atomic mass is 79.9. The summed E-state index contributed by atoms with van der Waals surface area (Å²) in [5.74, 6) is 0. The quantitative estimate of drug-likeness (QED) is 0.863. The molecule has 1 heterocycles. The molecule has 0 aliphatic carbocycles. The van der Waals surface area contributed by atoms with E-state index in [2.05, 4.69) is 52.0 Å². The predicted molar refractivity (Wildman–Crippen MR) is 84.3 cm³/mol. The Hall–Kier alpha value is -0.650. The Kier molecular flexibility index (Phi) is 4.25. The van der Waals surface area contributed by atoms with Gasteiger partial charge in [0.2, 0.25) is 0 Å². The average molecular weight is 328 g/mol. The lowest BCUT2D eigenvalue weighted by molar-refractivity contribution is 0.315. The van der Waals surface area contributed by atoms with Gasteiger partial charge >= 0.3 is 0 Å². The summed E-state index contributed by atoms with van der Waals surface area (Å²) in [6.07, 6.45) is 1.21. The summed E-state index contributed by atoms with van der Waals surface area (Å²) in [6, 6.07) is 6.83. The van der Waals surface area contributed by atoms with Crippen molar-refractivity contribution in [3.63, 3.8) is 0 Å². The smallest absolute Gasteiger partial charge is 0.105 e. The van der Waals surface area contributed by atoms with Crippen molar-refractivity contribution in [2.45, 2.75) is 12.5 Å². The van der Waals surface area contributed by atoms with E-state index in [9.17, 15) is 0 Å². The Balaban J connectivity index is 2.16. The summed E-state index contributed by atoms with van der Waals surface area (Å²) in [4.78, 5) is 5.12. The Labute approximate surface area is 122 Å². The zero-order valence-corrected chi connectivity index (χ0v) is 13.1. The molecule has 0 aromatic heterocycles. The van der Waals surface area contributed by atoms with Gasteiger partial charge in [-0.05, 0) is 54.6 Å². The fraction of sp³-hybridized carbons (Fsp3) is 0.462. The molecule has 1 fully saturated rings. The van der Waals surface area contributed by atoms with E-state index in [4.69, 9.17) is 18.0 Å². The number of nitrogens with two attached hydrogens (primary N) is 1. The average Bonchev–Trinajstić information content (AvgIpc) is 2.77. The van der Waals surface area contributed by atoms with Crippen molar-refractivity contribution >= 4 is 38.8 Å². The summed E-state index contributed by atoms with van der Waals surface area (Å²) in [7, 11) is 4.28. The molecule has 1 aromatic rings. The van der Waals surface area contributed by atoms with E-state index in [1.54, 1.807) is 0 Å². The third-order valence-corrected chi connectivity index (χ3v) is 4.35. The fourth-order valence-corrected chi connectivity index (χ4v) is 3.19. The van der Waals surface area contributed by atoms with Crippen molar-refractivity contribution < 1.29 is 0 Å². The normalized spacial score (nSPS) is 19.6. The standard InChI is InChI=1S/C13H18BrN3S/c1-16(2)10-5-6-17(8-10)9-3-4-11(13(15)18)12(14)7-9/h3-4,7,10H,5-6,8H2,1-2H3,(H2,15,18). The molecule has 1 aliphatic heterocycles. The Morgan fingerprint density at radius 1 is 1.50 bits per heavy atom. The maximum atomic E-state index is 5.66. The van der Waals surface area contributed by atoms with Gasteiger partial charge in [0.05, 0.1) is 0 Å². The van der Waals surface area contributed by atoms with Gasteiger partial charge in [0.1, 0.15) is 4.99 Å². The first-order valence-electron chi connectivity index (χ1n) is 6.00. The molecule has 5 heteroatoms. The number of likely N-dealkylation sites (N-methyl/N-ethyl adjacent to an activating group) is 1. The third-order valence-electron chi connectivity index (χ3n) is 3.48. The zero-order valence-electron chi connectivity index (χ0n) is 10.7. The van der Waals surface area contributed by atoms with Crippen LogP contribution >= 0.6 is 28.1 Å². The van der Waals surface area contributed by atoms with Gasteiger partial charge in [-0.1, -0.05) is 12.2 Å². The summed E-state index contributed by atoms with van der Waals surface area (Å²) in [5.41, 5.74) is 7.79. The van der Waals surface area contributed by atoms with E-state index < -0.39 is 0 Å². The number of nitrogens with zero attached hydrogens (tertiary/aromatic N) is 2. The predicted octanol–water partition coefficient (Wildman–Crippen LogP) is 2.22. The topological polar surface area (TPSA) is 32.5 Å². The molecule has 0 bridgehead atoms. The van der Waals surface area contributed by atoms with Crippen LogP contribution in [0.5, 0.6) is 0 Å². The molecule has 1 saturated heterocycles. The van der Waals surface area contributed by atoms with E-state index in [1.807, 2.05) is 6.07 Å². The van der Waals surface area contributed by atoms with Gasteiger partial charge in [0, 0.05) is 34.9 Å². The number of benzene rings is 1. The molecule has 3 nitrogen and oxygen atoms in total. The van der Waals surface area contributed by atoms with Crippen molar-refractivity contribution in [2.24, 2.45) is 5.73 Å². The maximum Gasteiger partial charge on any atom is 0.105 e. The molecule has 1 aliphatic rings. The van der Waals surface area contributed by atoms with E-state index in [1.165, 1.54) is 12.1 Å². The Morgan fingerprint density at radius 3 is 2.72 bits per heavy atom. The summed E-state index contributed by atoms with van der Waals surface area (Å²) in [6.45, 7) is 2.17. The monoisotopic (exact) mass is 327 g/mol.